The molecule has 0 radical (unpaired) electrons. The summed E-state index contributed by atoms with van der Waals surface area (Å²) in [5.74, 6) is -1.20. The van der Waals surface area contributed by atoms with Crippen molar-refractivity contribution in [2.24, 2.45) is 5.92 Å². The summed E-state index contributed by atoms with van der Waals surface area (Å²) >= 11 is 0. The third kappa shape index (κ3) is 2.42. The summed E-state index contributed by atoms with van der Waals surface area (Å²) in [6.07, 6.45) is 0.933. The third-order valence-corrected chi connectivity index (χ3v) is 4.44. The molecule has 0 bridgehead atoms. The maximum Gasteiger partial charge on any atom is 0.311 e. The molecule has 112 valence electrons. The van der Waals surface area contributed by atoms with Gasteiger partial charge >= 0.3 is 5.97 Å². The van der Waals surface area contributed by atoms with E-state index in [2.05, 4.69) is 0 Å². The van der Waals surface area contributed by atoms with Crippen LogP contribution in [0.1, 0.15) is 31.2 Å². The molecule has 0 saturated carbocycles. The minimum absolute atomic E-state index is 0.0451. The van der Waals surface area contributed by atoms with Gasteiger partial charge in [-0.3, -0.25) is 9.59 Å². The van der Waals surface area contributed by atoms with Gasteiger partial charge in [-0.2, -0.15) is 0 Å². The molecule has 1 fully saturated rings. The Kier molecular flexibility index (Phi) is 3.68. The van der Waals surface area contributed by atoms with E-state index >= 15 is 0 Å². The zero-order valence-corrected chi connectivity index (χ0v) is 12.0. The molecule has 5 nitrogen and oxygen atoms in total. The minimum atomic E-state index is -0.833. The van der Waals surface area contributed by atoms with Crippen LogP contribution < -0.4 is 4.90 Å². The number of ether oxygens (including phenoxy) is 1. The molecule has 1 aromatic carbocycles. The molecule has 2 aliphatic heterocycles. The van der Waals surface area contributed by atoms with Crippen LogP contribution in [0.5, 0.6) is 0 Å². The molecule has 1 saturated heterocycles. The van der Waals surface area contributed by atoms with Crippen LogP contribution in [0, 0.1) is 5.92 Å². The number of nitrogens with zero attached hydrogens (tertiary/aromatic N) is 1. The van der Waals surface area contributed by atoms with Gasteiger partial charge in [-0.25, -0.2) is 0 Å². The second kappa shape index (κ2) is 5.48. The lowest BCUT2D eigenvalue weighted by atomic mass is 9.89. The van der Waals surface area contributed by atoms with Gasteiger partial charge in [-0.05, 0) is 30.4 Å². The van der Waals surface area contributed by atoms with E-state index in [0.717, 1.165) is 12.0 Å². The summed E-state index contributed by atoms with van der Waals surface area (Å²) in [6, 6.07) is 7.27. The maximum absolute atomic E-state index is 12.7. The summed E-state index contributed by atoms with van der Waals surface area (Å²) < 4.78 is 5.56. The van der Waals surface area contributed by atoms with E-state index in [4.69, 9.17) is 4.74 Å². The second-order valence-corrected chi connectivity index (χ2v) is 5.79. The van der Waals surface area contributed by atoms with Crippen LogP contribution in [0.15, 0.2) is 24.3 Å². The van der Waals surface area contributed by atoms with Gasteiger partial charge in [0.2, 0.25) is 0 Å². The van der Waals surface area contributed by atoms with Crippen molar-refractivity contribution in [3.63, 3.8) is 0 Å². The first-order valence-electron chi connectivity index (χ1n) is 7.34. The predicted octanol–water partition coefficient (Wildman–Crippen LogP) is 2.02. The fraction of sp³-hybridized carbons (Fsp3) is 0.500. The minimum Gasteiger partial charge on any atom is -0.481 e. The first-order chi connectivity index (χ1) is 10.1. The molecule has 0 spiro atoms. The van der Waals surface area contributed by atoms with Crippen molar-refractivity contribution < 1.29 is 19.4 Å². The van der Waals surface area contributed by atoms with Crippen LogP contribution >= 0.6 is 0 Å². The van der Waals surface area contributed by atoms with Gasteiger partial charge in [0.1, 0.15) is 6.10 Å². The standard InChI is InChI=1S/C16H19NO4/c1-10-7-9-21-14(10)15(18)17-8-6-12(16(19)20)11-4-2-3-5-13(11)17/h2-5,10,12,14H,6-9H2,1H3,(H,19,20). The largest absolute Gasteiger partial charge is 0.481 e. The lowest BCUT2D eigenvalue weighted by Gasteiger charge is -2.34. The number of anilines is 1. The van der Waals surface area contributed by atoms with Crippen LogP contribution in [0.2, 0.25) is 0 Å². The molecule has 5 heteroatoms. The summed E-state index contributed by atoms with van der Waals surface area (Å²) in [5.41, 5.74) is 1.43. The lowest BCUT2D eigenvalue weighted by Crippen LogP contribution is -2.45. The van der Waals surface area contributed by atoms with E-state index in [0.29, 0.717) is 25.3 Å². The van der Waals surface area contributed by atoms with Crippen molar-refractivity contribution in [1.82, 2.24) is 0 Å². The number of rotatable bonds is 2. The molecule has 3 unspecified atom stereocenters. The van der Waals surface area contributed by atoms with E-state index in [-0.39, 0.29) is 11.8 Å². The Bertz CT molecular complexity index is 571. The fourth-order valence-corrected chi connectivity index (χ4v) is 3.21. The highest BCUT2D eigenvalue weighted by atomic mass is 16.5. The number of carboxylic acid groups (broad SMARTS) is 1. The quantitative estimate of drug-likeness (QED) is 0.904. The van der Waals surface area contributed by atoms with E-state index in [9.17, 15) is 14.7 Å². The summed E-state index contributed by atoms with van der Waals surface area (Å²) in [5, 5.41) is 9.34. The first-order valence-corrected chi connectivity index (χ1v) is 7.34. The number of carboxylic acids is 1. The van der Waals surface area contributed by atoms with Crippen LogP contribution in [0.3, 0.4) is 0 Å². The van der Waals surface area contributed by atoms with E-state index in [1.165, 1.54) is 0 Å². The molecule has 3 atom stereocenters. The molecule has 0 aliphatic carbocycles. The van der Waals surface area contributed by atoms with Crippen LogP contribution in [0.25, 0.3) is 0 Å². The van der Waals surface area contributed by atoms with Crippen LogP contribution in [0.4, 0.5) is 5.69 Å². The van der Waals surface area contributed by atoms with E-state index in [1.54, 1.807) is 11.0 Å². The highest BCUT2D eigenvalue weighted by Crippen LogP contribution is 2.36. The number of fused-ring (bicyclic) bond motifs is 1. The zero-order chi connectivity index (χ0) is 15.0. The molecular weight excluding hydrogens is 270 g/mol. The predicted molar refractivity (Wildman–Crippen MR) is 77.3 cm³/mol. The van der Waals surface area contributed by atoms with Crippen molar-refractivity contribution in [1.29, 1.82) is 0 Å². The highest BCUT2D eigenvalue weighted by molar-refractivity contribution is 5.99. The number of hydrogen-bond acceptors (Lipinski definition) is 3. The number of amides is 1. The number of benzene rings is 1. The van der Waals surface area contributed by atoms with E-state index in [1.807, 2.05) is 25.1 Å². The molecule has 1 aromatic rings. The average molecular weight is 289 g/mol. The lowest BCUT2D eigenvalue weighted by molar-refractivity contribution is -0.139. The Balaban J connectivity index is 1.92. The monoisotopic (exact) mass is 289 g/mol. The SMILES string of the molecule is CC1CCOC1C(=O)N1CCC(C(=O)O)c2ccccc21. The molecule has 2 aliphatic rings. The third-order valence-electron chi connectivity index (χ3n) is 4.44. The number of carbonyl (C=O) groups is 2. The molecule has 1 N–H and O–H groups in total. The first kappa shape index (κ1) is 14.1. The maximum atomic E-state index is 12.7. The Morgan fingerprint density at radius 2 is 2.05 bits per heavy atom. The Labute approximate surface area is 123 Å². The van der Waals surface area contributed by atoms with Gasteiger partial charge < -0.3 is 14.7 Å². The van der Waals surface area contributed by atoms with Crippen molar-refractivity contribution in [2.75, 3.05) is 18.1 Å². The van der Waals surface area contributed by atoms with Crippen LogP contribution in [-0.2, 0) is 14.3 Å². The van der Waals surface area contributed by atoms with Crippen molar-refractivity contribution in [3.8, 4) is 0 Å². The molecule has 21 heavy (non-hydrogen) atoms. The Morgan fingerprint density at radius 3 is 2.71 bits per heavy atom. The van der Waals surface area contributed by atoms with Crippen molar-refractivity contribution in [3.05, 3.63) is 29.8 Å². The molecule has 0 aromatic heterocycles. The molecule has 3 rings (SSSR count). The van der Waals surface area contributed by atoms with Gasteiger partial charge in [0.05, 0.1) is 5.92 Å². The highest BCUT2D eigenvalue weighted by Gasteiger charge is 2.38. The molecule has 1 amide bonds. The van der Waals surface area contributed by atoms with Crippen molar-refractivity contribution >= 4 is 17.6 Å². The zero-order valence-electron chi connectivity index (χ0n) is 12.0. The van der Waals surface area contributed by atoms with Gasteiger partial charge in [0, 0.05) is 18.8 Å². The average Bonchev–Trinajstić information content (AvgIpc) is 2.91. The number of carbonyl (C=O) groups excluding carboxylic acids is 1. The fourth-order valence-electron chi connectivity index (χ4n) is 3.21. The van der Waals surface area contributed by atoms with Crippen molar-refractivity contribution in [2.45, 2.75) is 31.8 Å². The van der Waals surface area contributed by atoms with Gasteiger partial charge in [-0.15, -0.1) is 0 Å². The number of aliphatic carboxylic acids is 1. The summed E-state index contributed by atoms with van der Waals surface area (Å²) in [7, 11) is 0. The Morgan fingerprint density at radius 1 is 1.29 bits per heavy atom. The summed E-state index contributed by atoms with van der Waals surface area (Å²) in [4.78, 5) is 25.8. The summed E-state index contributed by atoms with van der Waals surface area (Å²) in [6.45, 7) is 3.07. The Hall–Kier alpha value is -1.88. The normalized spacial score (nSPS) is 28.2. The van der Waals surface area contributed by atoms with Crippen LogP contribution in [-0.4, -0.2) is 36.2 Å². The van der Waals surface area contributed by atoms with E-state index < -0.39 is 18.0 Å². The molecular formula is C16H19NO4. The smallest absolute Gasteiger partial charge is 0.311 e. The topological polar surface area (TPSA) is 66.8 Å². The number of para-hydroxylation sites is 1. The second-order valence-electron chi connectivity index (χ2n) is 5.79. The van der Waals surface area contributed by atoms with Gasteiger partial charge in [0.15, 0.2) is 0 Å². The number of hydrogen-bond donors (Lipinski definition) is 1. The molecule has 2 heterocycles. The van der Waals surface area contributed by atoms with Gasteiger partial charge in [-0.1, -0.05) is 25.1 Å². The van der Waals surface area contributed by atoms with Gasteiger partial charge in [0.25, 0.3) is 5.91 Å².